The summed E-state index contributed by atoms with van der Waals surface area (Å²) >= 11 is 0. The quantitative estimate of drug-likeness (QED) is 0.444. The highest BCUT2D eigenvalue weighted by molar-refractivity contribution is 5.71. The van der Waals surface area contributed by atoms with Crippen molar-refractivity contribution >= 4 is 17.7 Å². The number of carbonyl (C=O) groups excluding carboxylic acids is 2. The van der Waals surface area contributed by atoms with Crippen molar-refractivity contribution in [2.75, 3.05) is 6.61 Å². The van der Waals surface area contributed by atoms with Gasteiger partial charge >= 0.3 is 12.1 Å². The van der Waals surface area contributed by atoms with Gasteiger partial charge in [-0.1, -0.05) is 5.16 Å². The van der Waals surface area contributed by atoms with E-state index < -0.39 is 17.0 Å². The van der Waals surface area contributed by atoms with E-state index in [1.165, 1.54) is 24.3 Å². The second-order valence-corrected chi connectivity index (χ2v) is 4.58. The van der Waals surface area contributed by atoms with Crippen LogP contribution in [0.15, 0.2) is 28.8 Å². The molecule has 0 saturated carbocycles. The zero-order valence-corrected chi connectivity index (χ0v) is 13.1. The normalized spacial score (nSPS) is 10.1. The molecule has 0 unspecified atom stereocenters. The zero-order chi connectivity index (χ0) is 18.2. The van der Waals surface area contributed by atoms with Crippen molar-refractivity contribution < 1.29 is 28.5 Å². The summed E-state index contributed by atoms with van der Waals surface area (Å²) < 4.78 is 14.6. The molecule has 0 radical (unpaired) electrons. The number of esters is 1. The molecule has 11 nitrogen and oxygen atoms in total. The number of rotatable bonds is 7. The molecule has 2 aromatic rings. The van der Waals surface area contributed by atoms with Gasteiger partial charge in [-0.05, 0) is 19.1 Å². The predicted molar refractivity (Wildman–Crippen MR) is 80.6 cm³/mol. The van der Waals surface area contributed by atoms with Crippen molar-refractivity contribution in [2.24, 2.45) is 0 Å². The third-order valence-electron chi connectivity index (χ3n) is 2.76. The summed E-state index contributed by atoms with van der Waals surface area (Å²) in [5, 5.41) is 16.5. The first-order valence-electron chi connectivity index (χ1n) is 7.15. The molecular weight excluding hydrogens is 336 g/mol. The van der Waals surface area contributed by atoms with Crippen molar-refractivity contribution in [2.45, 2.75) is 19.9 Å². The fourth-order valence-electron chi connectivity index (χ4n) is 1.70. The van der Waals surface area contributed by atoms with E-state index in [9.17, 15) is 19.7 Å². The van der Waals surface area contributed by atoms with Crippen LogP contribution in [0, 0.1) is 10.1 Å². The summed E-state index contributed by atoms with van der Waals surface area (Å²) in [5.74, 6) is -0.129. The average molecular weight is 350 g/mol. The van der Waals surface area contributed by atoms with Crippen LogP contribution < -0.4 is 10.1 Å². The van der Waals surface area contributed by atoms with Crippen molar-refractivity contribution in [3.8, 4) is 5.75 Å². The zero-order valence-electron chi connectivity index (χ0n) is 13.1. The summed E-state index contributed by atoms with van der Waals surface area (Å²) in [6.45, 7) is 1.82. The molecule has 1 amide bonds. The van der Waals surface area contributed by atoms with Gasteiger partial charge in [0, 0.05) is 12.1 Å². The van der Waals surface area contributed by atoms with Gasteiger partial charge in [-0.15, -0.1) is 0 Å². The van der Waals surface area contributed by atoms with Crippen LogP contribution in [-0.4, -0.2) is 33.7 Å². The van der Waals surface area contributed by atoms with E-state index in [-0.39, 0.29) is 42.7 Å². The first-order valence-corrected chi connectivity index (χ1v) is 7.15. The maximum atomic E-state index is 11.6. The first kappa shape index (κ1) is 17.8. The van der Waals surface area contributed by atoms with Crippen LogP contribution in [0.25, 0.3) is 0 Å². The third-order valence-corrected chi connectivity index (χ3v) is 2.76. The lowest BCUT2D eigenvalue weighted by atomic mass is 10.3. The van der Waals surface area contributed by atoms with E-state index in [2.05, 4.69) is 15.5 Å². The number of carbonyl (C=O) groups is 2. The first-order chi connectivity index (χ1) is 12.0. The largest absolute Gasteiger partial charge is 0.466 e. The number of benzene rings is 1. The summed E-state index contributed by atoms with van der Waals surface area (Å²) in [6, 6.07) is 5.01. The molecule has 0 saturated heterocycles. The molecule has 0 atom stereocenters. The highest BCUT2D eigenvalue weighted by Gasteiger charge is 2.13. The lowest BCUT2D eigenvalue weighted by Gasteiger charge is -2.04. The fraction of sp³-hybridized carbons (Fsp3) is 0.286. The number of amides is 1. The Balaban J connectivity index is 1.80. The molecule has 1 N–H and O–H groups in total. The molecule has 0 aliphatic carbocycles. The Morgan fingerprint density at radius 1 is 1.32 bits per heavy atom. The number of hydrogen-bond acceptors (Lipinski definition) is 9. The number of hydrogen-bond donors (Lipinski definition) is 1. The summed E-state index contributed by atoms with van der Waals surface area (Å²) in [5.41, 5.74) is -0.118. The summed E-state index contributed by atoms with van der Waals surface area (Å²) in [4.78, 5) is 36.8. The van der Waals surface area contributed by atoms with Gasteiger partial charge in [-0.3, -0.25) is 14.9 Å². The minimum absolute atomic E-state index is 0.0833. The standard InChI is InChI=1S/C14H14N4O7/c1-2-23-13(19)7-11-16-12(25-17-11)8-15-14(20)24-10-5-3-9(4-6-10)18(21)22/h3-6H,2,7-8H2,1H3,(H,15,20). The van der Waals surface area contributed by atoms with Crippen LogP contribution in [0.1, 0.15) is 18.6 Å². The number of ether oxygens (including phenoxy) is 2. The molecule has 1 heterocycles. The highest BCUT2D eigenvalue weighted by Crippen LogP contribution is 2.17. The van der Waals surface area contributed by atoms with E-state index in [0.717, 1.165) is 0 Å². The molecule has 132 valence electrons. The van der Waals surface area contributed by atoms with Gasteiger partial charge in [-0.2, -0.15) is 4.98 Å². The van der Waals surface area contributed by atoms with Gasteiger partial charge in [0.05, 0.1) is 11.5 Å². The van der Waals surface area contributed by atoms with E-state index in [4.69, 9.17) is 14.0 Å². The van der Waals surface area contributed by atoms with Crippen molar-refractivity contribution in [1.82, 2.24) is 15.5 Å². The van der Waals surface area contributed by atoms with Crippen molar-refractivity contribution in [3.05, 3.63) is 46.1 Å². The Bertz CT molecular complexity index is 757. The molecule has 0 aliphatic rings. The lowest BCUT2D eigenvalue weighted by molar-refractivity contribution is -0.384. The van der Waals surface area contributed by atoms with Crippen LogP contribution in [0.5, 0.6) is 5.75 Å². The number of non-ortho nitro benzene ring substituents is 1. The fourth-order valence-corrected chi connectivity index (χ4v) is 1.70. The summed E-state index contributed by atoms with van der Waals surface area (Å²) in [7, 11) is 0. The number of nitro benzene ring substituents is 1. The average Bonchev–Trinajstić information content (AvgIpc) is 3.01. The van der Waals surface area contributed by atoms with Crippen LogP contribution in [-0.2, 0) is 22.5 Å². The van der Waals surface area contributed by atoms with Gasteiger partial charge in [0.2, 0.25) is 5.89 Å². The van der Waals surface area contributed by atoms with Crippen molar-refractivity contribution in [3.63, 3.8) is 0 Å². The number of nitro groups is 1. The molecule has 1 aromatic heterocycles. The lowest BCUT2D eigenvalue weighted by Crippen LogP contribution is -2.26. The minimum Gasteiger partial charge on any atom is -0.466 e. The molecule has 1 aromatic carbocycles. The molecule has 0 aliphatic heterocycles. The van der Waals surface area contributed by atoms with Gasteiger partial charge in [0.15, 0.2) is 5.82 Å². The molecule has 25 heavy (non-hydrogen) atoms. The topological polar surface area (TPSA) is 147 Å². The Kier molecular flexibility index (Phi) is 5.98. The van der Waals surface area contributed by atoms with Crippen molar-refractivity contribution in [1.29, 1.82) is 0 Å². The molecular formula is C14H14N4O7. The number of nitrogens with zero attached hydrogens (tertiary/aromatic N) is 3. The Morgan fingerprint density at radius 2 is 2.04 bits per heavy atom. The highest BCUT2D eigenvalue weighted by atomic mass is 16.6. The second-order valence-electron chi connectivity index (χ2n) is 4.58. The minimum atomic E-state index is -0.806. The molecule has 2 rings (SSSR count). The maximum absolute atomic E-state index is 11.6. The number of aromatic nitrogens is 2. The second kappa shape index (κ2) is 8.38. The van der Waals surface area contributed by atoms with E-state index in [1.54, 1.807) is 6.92 Å². The van der Waals surface area contributed by atoms with Gasteiger partial charge in [0.1, 0.15) is 18.7 Å². The Morgan fingerprint density at radius 3 is 2.68 bits per heavy atom. The van der Waals surface area contributed by atoms with Gasteiger partial charge < -0.3 is 19.3 Å². The monoisotopic (exact) mass is 350 g/mol. The van der Waals surface area contributed by atoms with Crippen LogP contribution in [0.2, 0.25) is 0 Å². The van der Waals surface area contributed by atoms with Gasteiger partial charge in [-0.25, -0.2) is 4.79 Å². The van der Waals surface area contributed by atoms with Crippen LogP contribution in [0.3, 0.4) is 0 Å². The van der Waals surface area contributed by atoms with Gasteiger partial charge in [0.25, 0.3) is 5.69 Å². The number of nitrogens with one attached hydrogen (secondary N) is 1. The van der Waals surface area contributed by atoms with E-state index in [1.807, 2.05) is 0 Å². The maximum Gasteiger partial charge on any atom is 0.413 e. The van der Waals surface area contributed by atoms with E-state index >= 15 is 0 Å². The Labute approximate surface area is 141 Å². The molecule has 0 spiro atoms. The van der Waals surface area contributed by atoms with Crippen LogP contribution in [0.4, 0.5) is 10.5 Å². The molecule has 11 heteroatoms. The molecule has 0 fully saturated rings. The summed E-state index contributed by atoms with van der Waals surface area (Å²) in [6.07, 6.45) is -0.941. The third kappa shape index (κ3) is 5.57. The SMILES string of the molecule is CCOC(=O)Cc1noc(CNC(=O)Oc2ccc([N+](=O)[O-])cc2)n1. The smallest absolute Gasteiger partial charge is 0.413 e. The van der Waals surface area contributed by atoms with Crippen LogP contribution >= 0.6 is 0 Å². The Hall–Kier alpha value is -3.50. The van der Waals surface area contributed by atoms with E-state index in [0.29, 0.717) is 0 Å². The molecule has 0 bridgehead atoms. The predicted octanol–water partition coefficient (Wildman–Crippen LogP) is 1.37.